The summed E-state index contributed by atoms with van der Waals surface area (Å²) in [5.41, 5.74) is 8.38. The van der Waals surface area contributed by atoms with E-state index in [1.807, 2.05) is 12.3 Å². The van der Waals surface area contributed by atoms with E-state index in [0.717, 1.165) is 22.7 Å². The number of thiazole rings is 1. The van der Waals surface area contributed by atoms with Crippen LogP contribution in [0.5, 0.6) is 0 Å². The van der Waals surface area contributed by atoms with Gasteiger partial charge in [0.1, 0.15) is 5.01 Å². The number of benzene rings is 1. The van der Waals surface area contributed by atoms with E-state index >= 15 is 0 Å². The molecule has 0 N–H and O–H groups in total. The minimum Gasteiger partial charge on any atom is -0.264 e. The number of fused-ring (bicyclic) bond motifs is 1. The van der Waals surface area contributed by atoms with Crippen molar-refractivity contribution in [1.82, 2.24) is 9.97 Å². The van der Waals surface area contributed by atoms with Crippen LogP contribution < -0.4 is 0 Å². The molecule has 28 heavy (non-hydrogen) atoms. The number of hydrogen-bond donors (Lipinski definition) is 0. The highest BCUT2D eigenvalue weighted by atomic mass is 79.9. The zero-order valence-electron chi connectivity index (χ0n) is 17.4. The zero-order chi connectivity index (χ0) is 19.2. The molecule has 4 rings (SSSR count). The van der Waals surface area contributed by atoms with Crippen molar-refractivity contribution in [2.24, 2.45) is 0 Å². The van der Waals surface area contributed by atoms with Crippen LogP contribution in [0.2, 0.25) is 0 Å². The van der Waals surface area contributed by atoms with Crippen LogP contribution in [-0.2, 0) is 17.3 Å². The van der Waals surface area contributed by atoms with Gasteiger partial charge in [-0.15, -0.1) is 28.3 Å². The molecule has 0 radical (unpaired) electrons. The highest BCUT2D eigenvalue weighted by Gasteiger charge is 2.37. The summed E-state index contributed by atoms with van der Waals surface area (Å²) in [6, 6.07) is 8.96. The largest absolute Gasteiger partial charge is 0.264 e. The van der Waals surface area contributed by atoms with E-state index in [1.165, 1.54) is 35.1 Å². The third-order valence-electron chi connectivity index (χ3n) is 6.15. The lowest BCUT2D eigenvalue weighted by molar-refractivity contribution is 0.331. The Morgan fingerprint density at radius 1 is 1.04 bits per heavy atom. The first-order valence-electron chi connectivity index (χ1n) is 9.86. The number of halogens is 1. The van der Waals surface area contributed by atoms with Crippen LogP contribution in [0.25, 0.3) is 21.8 Å². The minimum atomic E-state index is 0. The molecule has 0 fully saturated rings. The molecule has 0 unspecified atom stereocenters. The third kappa shape index (κ3) is 3.69. The molecule has 1 aromatic carbocycles. The minimum absolute atomic E-state index is 0. The molecule has 0 atom stereocenters. The Morgan fingerprint density at radius 2 is 1.71 bits per heavy atom. The summed E-state index contributed by atoms with van der Waals surface area (Å²) < 4.78 is 0. The lowest BCUT2D eigenvalue weighted by atomic mass is 9.62. The van der Waals surface area contributed by atoms with Crippen molar-refractivity contribution in [3.63, 3.8) is 0 Å². The predicted octanol–water partition coefficient (Wildman–Crippen LogP) is 7.36. The molecule has 0 spiro atoms. The fourth-order valence-electron chi connectivity index (χ4n) is 4.21. The molecule has 2 aromatic heterocycles. The molecule has 1 aliphatic rings. The van der Waals surface area contributed by atoms with E-state index in [4.69, 9.17) is 4.98 Å². The maximum atomic E-state index is 4.97. The van der Waals surface area contributed by atoms with Crippen molar-refractivity contribution < 1.29 is 0 Å². The summed E-state index contributed by atoms with van der Waals surface area (Å²) in [7, 11) is 0. The molecule has 0 bridgehead atoms. The molecule has 0 saturated heterocycles. The summed E-state index contributed by atoms with van der Waals surface area (Å²) in [5, 5.41) is 3.24. The van der Waals surface area contributed by atoms with Crippen LogP contribution in [0, 0.1) is 0 Å². The van der Waals surface area contributed by atoms with E-state index in [9.17, 15) is 0 Å². The normalized spacial score (nSPS) is 16.9. The average molecular weight is 457 g/mol. The smallest absolute Gasteiger partial charge is 0.125 e. The molecule has 0 saturated carbocycles. The lowest BCUT2D eigenvalue weighted by Crippen LogP contribution is -2.34. The van der Waals surface area contributed by atoms with Gasteiger partial charge in [0.2, 0.25) is 0 Å². The first-order chi connectivity index (χ1) is 12.8. The fraction of sp³-hybridized carbons (Fsp3) is 0.417. The molecular weight excluding hydrogens is 428 g/mol. The number of hydrogen-bond acceptors (Lipinski definition) is 3. The van der Waals surface area contributed by atoms with Crippen LogP contribution in [0.1, 0.15) is 64.2 Å². The van der Waals surface area contributed by atoms with Gasteiger partial charge in [-0.25, -0.2) is 4.98 Å². The van der Waals surface area contributed by atoms with E-state index in [0.29, 0.717) is 0 Å². The van der Waals surface area contributed by atoms with E-state index in [-0.39, 0.29) is 27.8 Å². The Hall–Kier alpha value is -1.52. The number of aryl methyl sites for hydroxylation is 1. The number of pyridine rings is 1. The van der Waals surface area contributed by atoms with Gasteiger partial charge in [-0.3, -0.25) is 4.98 Å². The van der Waals surface area contributed by atoms with Crippen LogP contribution in [0.4, 0.5) is 0 Å². The Morgan fingerprint density at radius 3 is 2.32 bits per heavy atom. The van der Waals surface area contributed by atoms with Crippen molar-refractivity contribution in [1.29, 1.82) is 0 Å². The Kier molecular flexibility index (Phi) is 5.84. The molecule has 4 heteroatoms. The van der Waals surface area contributed by atoms with Crippen LogP contribution >= 0.6 is 28.3 Å². The van der Waals surface area contributed by atoms with E-state index in [1.54, 1.807) is 17.5 Å². The molecule has 2 nitrogen and oxygen atoms in total. The highest BCUT2D eigenvalue weighted by molar-refractivity contribution is 8.93. The first kappa shape index (κ1) is 21.2. The second-order valence-corrected chi connectivity index (χ2v) is 9.81. The Labute approximate surface area is 183 Å². The molecule has 2 heterocycles. The van der Waals surface area contributed by atoms with Crippen molar-refractivity contribution in [2.75, 3.05) is 0 Å². The van der Waals surface area contributed by atoms with Crippen molar-refractivity contribution in [3.8, 4) is 21.8 Å². The zero-order valence-corrected chi connectivity index (χ0v) is 19.9. The fourth-order valence-corrected chi connectivity index (χ4v) is 5.02. The number of nitrogens with zero attached hydrogens (tertiary/aromatic N) is 2. The van der Waals surface area contributed by atoms with Gasteiger partial charge in [-0.05, 0) is 65.0 Å². The van der Waals surface area contributed by atoms with Gasteiger partial charge in [0.15, 0.2) is 0 Å². The maximum absolute atomic E-state index is 4.97. The second-order valence-electron chi connectivity index (χ2n) is 8.96. The summed E-state index contributed by atoms with van der Waals surface area (Å²) in [6.07, 6.45) is 7.20. The number of aromatic nitrogens is 2. The molecule has 3 aromatic rings. The van der Waals surface area contributed by atoms with Crippen LogP contribution in [0.15, 0.2) is 42.0 Å². The molecular formula is C24H29BrN2S. The van der Waals surface area contributed by atoms with E-state index in [2.05, 4.69) is 63.2 Å². The first-order valence-corrected chi connectivity index (χ1v) is 10.7. The van der Waals surface area contributed by atoms with Crippen LogP contribution in [0.3, 0.4) is 0 Å². The van der Waals surface area contributed by atoms with Crippen molar-refractivity contribution in [2.45, 2.75) is 64.7 Å². The van der Waals surface area contributed by atoms with Gasteiger partial charge in [0.25, 0.3) is 0 Å². The van der Waals surface area contributed by atoms with Crippen molar-refractivity contribution >= 4 is 28.3 Å². The number of rotatable bonds is 3. The van der Waals surface area contributed by atoms with Crippen LogP contribution in [-0.4, -0.2) is 9.97 Å². The highest BCUT2D eigenvalue weighted by Crippen LogP contribution is 2.48. The van der Waals surface area contributed by atoms with Gasteiger partial charge >= 0.3 is 0 Å². The summed E-state index contributed by atoms with van der Waals surface area (Å²) >= 11 is 1.70. The monoisotopic (exact) mass is 456 g/mol. The topological polar surface area (TPSA) is 25.8 Å². The average Bonchev–Trinajstić information content (AvgIpc) is 3.15. The van der Waals surface area contributed by atoms with Gasteiger partial charge in [-0.1, -0.05) is 40.7 Å². The SMILES string of the molecule is Br.CCc1cc2c(cc1-c1csc(-c3cccnc3)n1)C(C)(C)CCC2(C)C. The molecule has 1 aliphatic carbocycles. The molecule has 0 amide bonds. The third-order valence-corrected chi connectivity index (χ3v) is 7.04. The second kappa shape index (κ2) is 7.72. The Bertz CT molecular complexity index is 974. The van der Waals surface area contributed by atoms with Gasteiger partial charge in [0.05, 0.1) is 5.69 Å². The summed E-state index contributed by atoms with van der Waals surface area (Å²) in [4.78, 5) is 9.21. The standard InChI is InChI=1S/C24H28N2S.BrH/c1-6-16-12-19-20(24(4,5)10-9-23(19,2)3)13-18(16)21-15-27-22(26-21)17-8-7-11-25-14-17;/h7-8,11-15H,6,9-10H2,1-5H3;1H. The Balaban J connectivity index is 0.00000225. The van der Waals surface area contributed by atoms with Gasteiger partial charge in [0, 0.05) is 28.9 Å². The summed E-state index contributed by atoms with van der Waals surface area (Å²) in [6.45, 7) is 11.8. The molecule has 0 aliphatic heterocycles. The lowest BCUT2D eigenvalue weighted by Gasteiger charge is -2.42. The van der Waals surface area contributed by atoms with Gasteiger partial charge in [-0.2, -0.15) is 0 Å². The summed E-state index contributed by atoms with van der Waals surface area (Å²) in [5.74, 6) is 0. The van der Waals surface area contributed by atoms with Gasteiger partial charge < -0.3 is 0 Å². The maximum Gasteiger partial charge on any atom is 0.125 e. The van der Waals surface area contributed by atoms with Crippen molar-refractivity contribution in [3.05, 3.63) is 58.7 Å². The predicted molar refractivity (Wildman–Crippen MR) is 126 cm³/mol. The quantitative estimate of drug-likeness (QED) is 0.411. The van der Waals surface area contributed by atoms with E-state index < -0.39 is 0 Å². The molecule has 148 valence electrons.